The van der Waals surface area contributed by atoms with Gasteiger partial charge in [-0.3, -0.25) is 14.5 Å². The molecule has 64 valence electrons. The van der Waals surface area contributed by atoms with E-state index in [1.807, 2.05) is 6.26 Å². The van der Waals surface area contributed by atoms with Gasteiger partial charge in [0.25, 0.3) is 0 Å². The average molecular weight is 183 g/mol. The summed E-state index contributed by atoms with van der Waals surface area (Å²) in [4.78, 5) is 23.6. The van der Waals surface area contributed by atoms with Crippen LogP contribution in [-0.4, -0.2) is 34.8 Å². The molecule has 1 heterocycles. The first-order valence-electron chi connectivity index (χ1n) is 3.51. The van der Waals surface area contributed by atoms with Gasteiger partial charge in [-0.1, -0.05) is 5.92 Å². The molecule has 0 bridgehead atoms. The zero-order chi connectivity index (χ0) is 9.14. The van der Waals surface area contributed by atoms with Crippen LogP contribution in [0.1, 0.15) is 6.42 Å². The SMILES string of the molecule is C#CCN1C(=O)CC(SC)C1=O. The predicted octanol–water partition coefficient (Wildman–Crippen LogP) is 0.110. The van der Waals surface area contributed by atoms with Crippen LogP contribution in [-0.2, 0) is 9.59 Å². The molecule has 1 fully saturated rings. The van der Waals surface area contributed by atoms with Gasteiger partial charge >= 0.3 is 0 Å². The molecular formula is C8H9NO2S. The second-order valence-electron chi connectivity index (χ2n) is 2.45. The number of amides is 2. The van der Waals surface area contributed by atoms with E-state index in [0.29, 0.717) is 6.42 Å². The molecular weight excluding hydrogens is 174 g/mol. The number of nitrogens with zero attached hydrogens (tertiary/aromatic N) is 1. The number of hydrogen-bond donors (Lipinski definition) is 0. The summed E-state index contributed by atoms with van der Waals surface area (Å²) in [5.41, 5.74) is 0. The highest BCUT2D eigenvalue weighted by Crippen LogP contribution is 2.22. The number of thioether (sulfide) groups is 1. The molecule has 1 atom stereocenters. The maximum atomic E-state index is 11.3. The van der Waals surface area contributed by atoms with Gasteiger partial charge in [-0.2, -0.15) is 11.8 Å². The summed E-state index contributed by atoms with van der Waals surface area (Å²) < 4.78 is 0. The summed E-state index contributed by atoms with van der Waals surface area (Å²) in [7, 11) is 0. The zero-order valence-electron chi connectivity index (χ0n) is 6.74. The highest BCUT2D eigenvalue weighted by atomic mass is 32.2. The fraction of sp³-hybridized carbons (Fsp3) is 0.500. The van der Waals surface area contributed by atoms with E-state index in [4.69, 9.17) is 6.42 Å². The third-order valence-corrected chi connectivity index (χ3v) is 2.67. The highest BCUT2D eigenvalue weighted by molar-refractivity contribution is 8.00. The maximum absolute atomic E-state index is 11.3. The minimum atomic E-state index is -0.217. The van der Waals surface area contributed by atoms with Crippen LogP contribution < -0.4 is 0 Å². The Morgan fingerprint density at radius 3 is 2.83 bits per heavy atom. The van der Waals surface area contributed by atoms with Crippen molar-refractivity contribution in [2.24, 2.45) is 0 Å². The number of imide groups is 1. The Hall–Kier alpha value is -0.950. The second-order valence-corrected chi connectivity index (χ2v) is 3.49. The lowest BCUT2D eigenvalue weighted by molar-refractivity contribution is -0.137. The highest BCUT2D eigenvalue weighted by Gasteiger charge is 2.37. The molecule has 1 unspecified atom stereocenters. The molecule has 0 aromatic carbocycles. The molecule has 12 heavy (non-hydrogen) atoms. The van der Waals surface area contributed by atoms with Crippen molar-refractivity contribution < 1.29 is 9.59 Å². The number of carbonyl (C=O) groups excluding carboxylic acids is 2. The third kappa shape index (κ3) is 1.46. The van der Waals surface area contributed by atoms with E-state index in [-0.39, 0.29) is 23.6 Å². The summed E-state index contributed by atoms with van der Waals surface area (Å²) in [6.45, 7) is 0.106. The molecule has 3 nitrogen and oxygen atoms in total. The Labute approximate surface area is 75.5 Å². The lowest BCUT2D eigenvalue weighted by Crippen LogP contribution is -2.31. The molecule has 0 aromatic rings. The first-order chi connectivity index (χ1) is 5.70. The number of carbonyl (C=O) groups is 2. The van der Waals surface area contributed by atoms with Crippen LogP contribution in [0.4, 0.5) is 0 Å². The van der Waals surface area contributed by atoms with E-state index in [0.717, 1.165) is 4.90 Å². The molecule has 1 aliphatic rings. The minimum Gasteiger partial charge on any atom is -0.274 e. The van der Waals surface area contributed by atoms with E-state index in [2.05, 4.69) is 5.92 Å². The predicted molar refractivity (Wildman–Crippen MR) is 47.5 cm³/mol. The van der Waals surface area contributed by atoms with Crippen LogP contribution in [0.5, 0.6) is 0 Å². The molecule has 0 radical (unpaired) electrons. The quantitative estimate of drug-likeness (QED) is 0.450. The Morgan fingerprint density at radius 1 is 1.75 bits per heavy atom. The van der Waals surface area contributed by atoms with E-state index in [1.54, 1.807) is 0 Å². The molecule has 0 saturated carbocycles. The number of hydrogen-bond acceptors (Lipinski definition) is 3. The minimum absolute atomic E-state index is 0.106. The van der Waals surface area contributed by atoms with Crippen molar-refractivity contribution in [3.05, 3.63) is 0 Å². The molecule has 0 spiro atoms. The normalized spacial score (nSPS) is 23.0. The molecule has 1 saturated heterocycles. The molecule has 0 N–H and O–H groups in total. The van der Waals surface area contributed by atoms with Crippen LogP contribution in [0.25, 0.3) is 0 Å². The van der Waals surface area contributed by atoms with Crippen molar-refractivity contribution in [3.8, 4) is 12.3 Å². The average Bonchev–Trinajstić information content (AvgIpc) is 2.32. The van der Waals surface area contributed by atoms with Crippen LogP contribution in [0.3, 0.4) is 0 Å². The molecule has 1 rings (SSSR count). The number of rotatable bonds is 2. The van der Waals surface area contributed by atoms with E-state index < -0.39 is 0 Å². The summed E-state index contributed by atoms with van der Waals surface area (Å²) in [6, 6.07) is 0. The standard InChI is InChI=1S/C8H9NO2S/c1-3-4-9-7(10)5-6(12-2)8(9)11/h1,6H,4-5H2,2H3. The summed E-state index contributed by atoms with van der Waals surface area (Å²) in [5, 5.41) is -0.217. The van der Waals surface area contributed by atoms with Crippen LogP contribution in [0, 0.1) is 12.3 Å². The lowest BCUT2D eigenvalue weighted by Gasteiger charge is -2.09. The van der Waals surface area contributed by atoms with Gasteiger partial charge in [0.1, 0.15) is 0 Å². The summed E-state index contributed by atoms with van der Waals surface area (Å²) in [6.07, 6.45) is 7.12. The van der Waals surface area contributed by atoms with Crippen molar-refractivity contribution in [1.29, 1.82) is 0 Å². The van der Waals surface area contributed by atoms with Gasteiger partial charge in [0.05, 0.1) is 11.8 Å². The van der Waals surface area contributed by atoms with Crippen molar-refractivity contribution >= 4 is 23.6 Å². The van der Waals surface area contributed by atoms with Gasteiger partial charge in [-0.05, 0) is 6.26 Å². The van der Waals surface area contributed by atoms with Crippen molar-refractivity contribution in [1.82, 2.24) is 4.90 Å². The third-order valence-electron chi connectivity index (χ3n) is 1.74. The van der Waals surface area contributed by atoms with Crippen molar-refractivity contribution in [2.45, 2.75) is 11.7 Å². The molecule has 4 heteroatoms. The number of likely N-dealkylation sites (tertiary alicyclic amines) is 1. The maximum Gasteiger partial charge on any atom is 0.243 e. The largest absolute Gasteiger partial charge is 0.274 e. The molecule has 0 aromatic heterocycles. The first-order valence-corrected chi connectivity index (χ1v) is 4.80. The Kier molecular flexibility index (Phi) is 2.77. The molecule has 0 aliphatic carbocycles. The topological polar surface area (TPSA) is 37.4 Å². The van der Waals surface area contributed by atoms with E-state index in [1.165, 1.54) is 11.8 Å². The fourth-order valence-electron chi connectivity index (χ4n) is 1.09. The summed E-state index contributed by atoms with van der Waals surface area (Å²) in [5.74, 6) is 1.99. The Bertz CT molecular complexity index is 256. The van der Waals surface area contributed by atoms with Crippen LogP contribution in [0.15, 0.2) is 0 Å². The van der Waals surface area contributed by atoms with Crippen molar-refractivity contribution in [2.75, 3.05) is 12.8 Å². The van der Waals surface area contributed by atoms with Gasteiger partial charge < -0.3 is 0 Å². The fourth-order valence-corrected chi connectivity index (χ4v) is 1.73. The van der Waals surface area contributed by atoms with Gasteiger partial charge in [-0.15, -0.1) is 6.42 Å². The van der Waals surface area contributed by atoms with Gasteiger partial charge in [-0.25, -0.2) is 0 Å². The second kappa shape index (κ2) is 3.63. The summed E-state index contributed by atoms with van der Waals surface area (Å²) >= 11 is 1.39. The van der Waals surface area contributed by atoms with Crippen LogP contribution in [0.2, 0.25) is 0 Å². The molecule has 2 amide bonds. The van der Waals surface area contributed by atoms with Crippen LogP contribution >= 0.6 is 11.8 Å². The smallest absolute Gasteiger partial charge is 0.243 e. The monoisotopic (exact) mass is 183 g/mol. The Balaban J connectivity index is 2.72. The van der Waals surface area contributed by atoms with E-state index >= 15 is 0 Å². The lowest BCUT2D eigenvalue weighted by atomic mass is 10.4. The van der Waals surface area contributed by atoms with Gasteiger partial charge in [0.15, 0.2) is 0 Å². The van der Waals surface area contributed by atoms with Gasteiger partial charge in [0.2, 0.25) is 11.8 Å². The first kappa shape index (κ1) is 9.14. The van der Waals surface area contributed by atoms with E-state index in [9.17, 15) is 9.59 Å². The van der Waals surface area contributed by atoms with Crippen molar-refractivity contribution in [3.63, 3.8) is 0 Å². The van der Waals surface area contributed by atoms with Gasteiger partial charge in [0, 0.05) is 6.42 Å². The Morgan fingerprint density at radius 2 is 2.42 bits per heavy atom. The molecule has 1 aliphatic heterocycles. The number of terminal acetylenes is 1. The zero-order valence-corrected chi connectivity index (χ0v) is 7.56.